The van der Waals surface area contributed by atoms with Gasteiger partial charge in [0.1, 0.15) is 0 Å². The van der Waals surface area contributed by atoms with Crippen molar-refractivity contribution in [1.82, 2.24) is 10.4 Å². The molecule has 0 aliphatic heterocycles. The molecule has 0 spiro atoms. The van der Waals surface area contributed by atoms with Gasteiger partial charge in [0, 0.05) is 17.2 Å². The summed E-state index contributed by atoms with van der Waals surface area (Å²) in [6.07, 6.45) is 0.821. The Balaban J connectivity index is 2.13. The molecule has 0 saturated heterocycles. The third-order valence-corrected chi connectivity index (χ3v) is 3.97. The fourth-order valence-corrected chi connectivity index (χ4v) is 2.95. The van der Waals surface area contributed by atoms with Gasteiger partial charge in [0.2, 0.25) is 0 Å². The van der Waals surface area contributed by atoms with E-state index in [-0.39, 0.29) is 11.5 Å². The molecule has 2 rings (SSSR count). The van der Waals surface area contributed by atoms with Crippen molar-refractivity contribution < 1.29 is 0 Å². The Labute approximate surface area is 118 Å². The molecule has 3 nitrogen and oxygen atoms in total. The number of hydrogen-bond acceptors (Lipinski definition) is 4. The molecule has 1 unspecified atom stereocenters. The molecule has 1 atom stereocenters. The highest BCUT2D eigenvalue weighted by molar-refractivity contribution is 7.09. The van der Waals surface area contributed by atoms with Crippen molar-refractivity contribution >= 4 is 11.3 Å². The van der Waals surface area contributed by atoms with Crippen LogP contribution in [0.3, 0.4) is 0 Å². The van der Waals surface area contributed by atoms with Crippen LogP contribution in [-0.2, 0) is 11.8 Å². The molecule has 0 radical (unpaired) electrons. The lowest BCUT2D eigenvalue weighted by Crippen LogP contribution is -2.29. The third kappa shape index (κ3) is 3.62. The molecule has 102 valence electrons. The summed E-state index contributed by atoms with van der Waals surface area (Å²) >= 11 is 1.71. The van der Waals surface area contributed by atoms with Crippen LogP contribution in [0.1, 0.15) is 43.1 Å². The van der Waals surface area contributed by atoms with Gasteiger partial charge in [-0.1, -0.05) is 51.1 Å². The molecule has 0 aliphatic rings. The number of thiazole rings is 1. The van der Waals surface area contributed by atoms with Gasteiger partial charge >= 0.3 is 0 Å². The number of nitrogens with two attached hydrogens (primary N) is 1. The van der Waals surface area contributed by atoms with Crippen LogP contribution in [0.5, 0.6) is 0 Å². The Morgan fingerprint density at radius 2 is 1.95 bits per heavy atom. The minimum atomic E-state index is 0.104. The average Bonchev–Trinajstić information content (AvgIpc) is 2.85. The Kier molecular flexibility index (Phi) is 4.34. The van der Waals surface area contributed by atoms with E-state index in [9.17, 15) is 0 Å². The number of hydrazine groups is 1. The molecule has 0 bridgehead atoms. The van der Waals surface area contributed by atoms with E-state index in [0.29, 0.717) is 0 Å². The van der Waals surface area contributed by atoms with Crippen molar-refractivity contribution in [2.24, 2.45) is 5.84 Å². The van der Waals surface area contributed by atoms with Crippen LogP contribution >= 0.6 is 11.3 Å². The topological polar surface area (TPSA) is 50.9 Å². The molecule has 4 heteroatoms. The lowest BCUT2D eigenvalue weighted by Gasteiger charge is -2.16. The summed E-state index contributed by atoms with van der Waals surface area (Å²) in [5.74, 6) is 5.67. The number of aromatic nitrogens is 1. The zero-order valence-corrected chi connectivity index (χ0v) is 12.5. The van der Waals surface area contributed by atoms with Crippen molar-refractivity contribution in [3.63, 3.8) is 0 Å². The minimum absolute atomic E-state index is 0.104. The molecule has 3 N–H and O–H groups in total. The van der Waals surface area contributed by atoms with E-state index in [0.717, 1.165) is 17.1 Å². The smallest absolute Gasteiger partial charge is 0.0948 e. The van der Waals surface area contributed by atoms with Gasteiger partial charge < -0.3 is 0 Å². The standard InChI is InChI=1S/C15H21N3S/c1-15(2,3)13-10-19-14(17-13)9-12(18-16)11-7-5-4-6-8-11/h4-8,10,12,18H,9,16H2,1-3H3. The van der Waals surface area contributed by atoms with Gasteiger partial charge in [-0.15, -0.1) is 11.3 Å². The van der Waals surface area contributed by atoms with Crippen molar-refractivity contribution in [3.8, 4) is 0 Å². The summed E-state index contributed by atoms with van der Waals surface area (Å²) in [5, 5.41) is 3.27. The third-order valence-electron chi connectivity index (χ3n) is 3.10. The highest BCUT2D eigenvalue weighted by atomic mass is 32.1. The van der Waals surface area contributed by atoms with E-state index in [1.165, 1.54) is 5.56 Å². The molecule has 0 aliphatic carbocycles. The number of nitrogens with zero attached hydrogens (tertiary/aromatic N) is 1. The molecular weight excluding hydrogens is 254 g/mol. The van der Waals surface area contributed by atoms with Gasteiger partial charge in [-0.05, 0) is 5.56 Å². The number of hydrogen-bond donors (Lipinski definition) is 2. The highest BCUT2D eigenvalue weighted by Gasteiger charge is 2.19. The molecule has 0 fully saturated rings. The van der Waals surface area contributed by atoms with Crippen molar-refractivity contribution in [1.29, 1.82) is 0 Å². The summed E-state index contributed by atoms with van der Waals surface area (Å²) in [6.45, 7) is 6.55. The Bertz CT molecular complexity index is 514. The Morgan fingerprint density at radius 1 is 1.26 bits per heavy atom. The molecule has 1 aromatic heterocycles. The number of benzene rings is 1. The first-order valence-electron chi connectivity index (χ1n) is 6.46. The molecule has 19 heavy (non-hydrogen) atoms. The second-order valence-electron chi connectivity index (χ2n) is 5.71. The maximum Gasteiger partial charge on any atom is 0.0948 e. The summed E-state index contributed by atoms with van der Waals surface area (Å²) in [4.78, 5) is 4.72. The van der Waals surface area contributed by atoms with Crippen LogP contribution in [-0.4, -0.2) is 4.98 Å². The Hall–Kier alpha value is -1.23. The van der Waals surface area contributed by atoms with Gasteiger partial charge in [-0.2, -0.15) is 0 Å². The summed E-state index contributed by atoms with van der Waals surface area (Å²) < 4.78 is 0. The molecule has 0 amide bonds. The zero-order valence-electron chi connectivity index (χ0n) is 11.7. The number of rotatable bonds is 4. The predicted molar refractivity (Wildman–Crippen MR) is 81.0 cm³/mol. The van der Waals surface area contributed by atoms with Crippen molar-refractivity contribution in [3.05, 3.63) is 52.0 Å². The largest absolute Gasteiger partial charge is 0.271 e. The SMILES string of the molecule is CC(C)(C)c1csc(CC(NN)c2ccccc2)n1. The van der Waals surface area contributed by atoms with E-state index >= 15 is 0 Å². The van der Waals surface area contributed by atoms with Crippen molar-refractivity contribution in [2.75, 3.05) is 0 Å². The normalized spacial score (nSPS) is 13.5. The van der Waals surface area contributed by atoms with Crippen LogP contribution in [0.15, 0.2) is 35.7 Å². The lowest BCUT2D eigenvalue weighted by molar-refractivity contribution is 0.541. The van der Waals surface area contributed by atoms with Gasteiger partial charge in [0.25, 0.3) is 0 Å². The van der Waals surface area contributed by atoms with Gasteiger partial charge in [0.05, 0.1) is 16.7 Å². The predicted octanol–water partition coefficient (Wildman–Crippen LogP) is 3.19. The summed E-state index contributed by atoms with van der Waals surface area (Å²) in [5.41, 5.74) is 5.33. The van der Waals surface area contributed by atoms with E-state index < -0.39 is 0 Å². The van der Waals surface area contributed by atoms with Gasteiger partial charge in [-0.3, -0.25) is 11.3 Å². The van der Waals surface area contributed by atoms with E-state index in [1.54, 1.807) is 11.3 Å². The lowest BCUT2D eigenvalue weighted by atomic mass is 9.93. The first-order chi connectivity index (χ1) is 9.00. The maximum atomic E-state index is 5.67. The van der Waals surface area contributed by atoms with E-state index in [4.69, 9.17) is 10.8 Å². The monoisotopic (exact) mass is 275 g/mol. The highest BCUT2D eigenvalue weighted by Crippen LogP contribution is 2.26. The molecule has 2 aromatic rings. The van der Waals surface area contributed by atoms with Gasteiger partial charge in [0.15, 0.2) is 0 Å². The molecular formula is C15H21N3S. The second-order valence-corrected chi connectivity index (χ2v) is 6.65. The minimum Gasteiger partial charge on any atom is -0.271 e. The second kappa shape index (κ2) is 5.82. The Morgan fingerprint density at radius 3 is 2.47 bits per heavy atom. The fourth-order valence-electron chi connectivity index (χ4n) is 1.88. The molecule has 1 aromatic carbocycles. The number of nitrogens with one attached hydrogen (secondary N) is 1. The van der Waals surface area contributed by atoms with E-state index in [1.807, 2.05) is 18.2 Å². The van der Waals surface area contributed by atoms with Gasteiger partial charge in [-0.25, -0.2) is 4.98 Å². The average molecular weight is 275 g/mol. The first kappa shape index (κ1) is 14.2. The van der Waals surface area contributed by atoms with Crippen LogP contribution in [0.2, 0.25) is 0 Å². The van der Waals surface area contributed by atoms with Crippen LogP contribution < -0.4 is 11.3 Å². The quantitative estimate of drug-likeness (QED) is 0.665. The van der Waals surface area contributed by atoms with Crippen molar-refractivity contribution in [2.45, 2.75) is 38.6 Å². The maximum absolute atomic E-state index is 5.67. The summed E-state index contributed by atoms with van der Waals surface area (Å²) in [6, 6.07) is 10.4. The van der Waals surface area contributed by atoms with Crippen LogP contribution in [0.4, 0.5) is 0 Å². The first-order valence-corrected chi connectivity index (χ1v) is 7.34. The van der Waals surface area contributed by atoms with E-state index in [2.05, 4.69) is 43.7 Å². The van der Waals surface area contributed by atoms with Crippen LogP contribution in [0.25, 0.3) is 0 Å². The molecule has 0 saturated carbocycles. The fraction of sp³-hybridized carbons (Fsp3) is 0.400. The molecule has 1 heterocycles. The summed E-state index contributed by atoms with van der Waals surface area (Å²) in [7, 11) is 0. The van der Waals surface area contributed by atoms with Crippen LogP contribution in [0, 0.1) is 0 Å². The zero-order chi connectivity index (χ0) is 13.9.